The second-order valence-corrected chi connectivity index (χ2v) is 5.29. The SMILES string of the molecule is COCC1CCN(CCOc2ccc(C#CCN)cc2)C1. The van der Waals surface area contributed by atoms with Gasteiger partial charge in [0.15, 0.2) is 0 Å². The van der Waals surface area contributed by atoms with Crippen molar-refractivity contribution in [2.24, 2.45) is 11.7 Å². The first-order chi connectivity index (χ1) is 10.3. The number of methoxy groups -OCH3 is 1. The van der Waals surface area contributed by atoms with Crippen LogP contribution in [0.4, 0.5) is 0 Å². The Morgan fingerprint density at radius 2 is 2.14 bits per heavy atom. The van der Waals surface area contributed by atoms with E-state index >= 15 is 0 Å². The maximum Gasteiger partial charge on any atom is 0.119 e. The number of hydrogen-bond acceptors (Lipinski definition) is 4. The Bertz CT molecular complexity index is 476. The lowest BCUT2D eigenvalue weighted by atomic mass is 10.1. The molecule has 0 saturated carbocycles. The molecule has 1 aromatic rings. The Labute approximate surface area is 127 Å². The summed E-state index contributed by atoms with van der Waals surface area (Å²) in [4.78, 5) is 2.44. The Hall–Kier alpha value is -1.54. The molecule has 4 heteroatoms. The fraction of sp³-hybridized carbons (Fsp3) is 0.529. The molecule has 0 spiro atoms. The van der Waals surface area contributed by atoms with Crippen LogP contribution in [0.2, 0.25) is 0 Å². The molecule has 0 aromatic heterocycles. The highest BCUT2D eigenvalue weighted by molar-refractivity contribution is 5.38. The first-order valence-corrected chi connectivity index (χ1v) is 7.45. The number of benzene rings is 1. The van der Waals surface area contributed by atoms with Crippen molar-refractivity contribution in [1.82, 2.24) is 4.90 Å². The van der Waals surface area contributed by atoms with Crippen LogP contribution in [0.3, 0.4) is 0 Å². The summed E-state index contributed by atoms with van der Waals surface area (Å²) >= 11 is 0. The van der Waals surface area contributed by atoms with Crippen molar-refractivity contribution in [3.05, 3.63) is 29.8 Å². The summed E-state index contributed by atoms with van der Waals surface area (Å²) in [6, 6.07) is 7.83. The van der Waals surface area contributed by atoms with Gasteiger partial charge in [-0.1, -0.05) is 11.8 Å². The van der Waals surface area contributed by atoms with Gasteiger partial charge in [-0.05, 0) is 43.1 Å². The summed E-state index contributed by atoms with van der Waals surface area (Å²) in [5, 5.41) is 0. The minimum absolute atomic E-state index is 0.387. The monoisotopic (exact) mass is 288 g/mol. The van der Waals surface area contributed by atoms with E-state index < -0.39 is 0 Å². The lowest BCUT2D eigenvalue weighted by molar-refractivity contribution is 0.150. The molecule has 0 aliphatic carbocycles. The fourth-order valence-corrected chi connectivity index (χ4v) is 2.57. The molecule has 0 radical (unpaired) electrons. The molecule has 2 N–H and O–H groups in total. The van der Waals surface area contributed by atoms with Crippen LogP contribution in [0.25, 0.3) is 0 Å². The number of rotatable bonds is 6. The molecule has 1 atom stereocenters. The van der Waals surface area contributed by atoms with Crippen LogP contribution in [0, 0.1) is 17.8 Å². The first-order valence-electron chi connectivity index (χ1n) is 7.45. The van der Waals surface area contributed by atoms with Gasteiger partial charge in [-0.15, -0.1) is 0 Å². The van der Waals surface area contributed by atoms with Gasteiger partial charge in [0.2, 0.25) is 0 Å². The van der Waals surface area contributed by atoms with Crippen molar-refractivity contribution < 1.29 is 9.47 Å². The summed E-state index contributed by atoms with van der Waals surface area (Å²) < 4.78 is 11.0. The number of likely N-dealkylation sites (tertiary alicyclic amines) is 1. The zero-order valence-electron chi connectivity index (χ0n) is 12.7. The molecule has 1 unspecified atom stereocenters. The van der Waals surface area contributed by atoms with Crippen molar-refractivity contribution in [2.45, 2.75) is 6.42 Å². The van der Waals surface area contributed by atoms with E-state index in [1.165, 1.54) is 6.42 Å². The normalized spacial score (nSPS) is 18.3. The third-order valence-electron chi connectivity index (χ3n) is 3.64. The number of nitrogens with two attached hydrogens (primary N) is 1. The van der Waals surface area contributed by atoms with Gasteiger partial charge < -0.3 is 15.2 Å². The lowest BCUT2D eigenvalue weighted by Crippen LogP contribution is -2.26. The minimum atomic E-state index is 0.387. The van der Waals surface area contributed by atoms with Gasteiger partial charge in [-0.25, -0.2) is 0 Å². The molecule has 21 heavy (non-hydrogen) atoms. The van der Waals surface area contributed by atoms with Gasteiger partial charge in [-0.2, -0.15) is 0 Å². The third kappa shape index (κ3) is 5.39. The molecule has 1 fully saturated rings. The van der Waals surface area contributed by atoms with E-state index in [0.29, 0.717) is 19.1 Å². The largest absolute Gasteiger partial charge is 0.492 e. The van der Waals surface area contributed by atoms with E-state index in [1.807, 2.05) is 24.3 Å². The third-order valence-corrected chi connectivity index (χ3v) is 3.64. The predicted molar refractivity (Wildman–Crippen MR) is 84.3 cm³/mol. The van der Waals surface area contributed by atoms with Gasteiger partial charge in [0.1, 0.15) is 12.4 Å². The highest BCUT2D eigenvalue weighted by Crippen LogP contribution is 2.16. The van der Waals surface area contributed by atoms with Gasteiger partial charge in [0, 0.05) is 25.8 Å². The highest BCUT2D eigenvalue weighted by atomic mass is 16.5. The molecule has 4 nitrogen and oxygen atoms in total. The van der Waals surface area contributed by atoms with E-state index in [-0.39, 0.29) is 0 Å². The first kappa shape index (κ1) is 15.8. The van der Waals surface area contributed by atoms with Crippen LogP contribution in [-0.4, -0.2) is 51.4 Å². The van der Waals surface area contributed by atoms with Crippen molar-refractivity contribution in [3.63, 3.8) is 0 Å². The average Bonchev–Trinajstić information content (AvgIpc) is 2.94. The maximum absolute atomic E-state index is 5.78. The van der Waals surface area contributed by atoms with Gasteiger partial charge in [-0.3, -0.25) is 4.90 Å². The summed E-state index contributed by atoms with van der Waals surface area (Å²) in [5.41, 5.74) is 6.32. The van der Waals surface area contributed by atoms with Crippen LogP contribution >= 0.6 is 0 Å². The standard InChI is InChI=1S/C17H24N2O2/c1-20-14-16-8-10-19(13-16)11-12-21-17-6-4-15(5-7-17)3-2-9-18/h4-7,16H,8-14,18H2,1H3. The van der Waals surface area contributed by atoms with Gasteiger partial charge in [0.25, 0.3) is 0 Å². The second-order valence-electron chi connectivity index (χ2n) is 5.29. The molecular formula is C17H24N2O2. The molecular weight excluding hydrogens is 264 g/mol. The van der Waals surface area contributed by atoms with Crippen LogP contribution in [0.15, 0.2) is 24.3 Å². The minimum Gasteiger partial charge on any atom is -0.492 e. The Morgan fingerprint density at radius 3 is 2.86 bits per heavy atom. The van der Waals surface area contributed by atoms with Crippen molar-refractivity contribution in [1.29, 1.82) is 0 Å². The molecule has 1 saturated heterocycles. The molecule has 1 aromatic carbocycles. The number of ether oxygens (including phenoxy) is 2. The molecule has 2 rings (SSSR count). The van der Waals surface area contributed by atoms with Gasteiger partial charge in [0.05, 0.1) is 13.2 Å². The molecule has 0 bridgehead atoms. The van der Waals surface area contributed by atoms with E-state index in [4.69, 9.17) is 15.2 Å². The average molecular weight is 288 g/mol. The molecule has 1 aliphatic heterocycles. The molecule has 0 amide bonds. The Balaban J connectivity index is 1.69. The summed E-state index contributed by atoms with van der Waals surface area (Å²) in [7, 11) is 1.77. The van der Waals surface area contributed by atoms with Crippen LogP contribution < -0.4 is 10.5 Å². The maximum atomic E-state index is 5.78. The van der Waals surface area contributed by atoms with E-state index in [1.54, 1.807) is 7.11 Å². The summed E-state index contributed by atoms with van der Waals surface area (Å²) in [6.07, 6.45) is 1.22. The quantitative estimate of drug-likeness (QED) is 0.803. The second kappa shape index (κ2) is 8.68. The number of hydrogen-bond donors (Lipinski definition) is 1. The highest BCUT2D eigenvalue weighted by Gasteiger charge is 2.21. The van der Waals surface area contributed by atoms with E-state index in [9.17, 15) is 0 Å². The Kier molecular flexibility index (Phi) is 6.55. The zero-order chi connectivity index (χ0) is 14.9. The van der Waals surface area contributed by atoms with Crippen LogP contribution in [0.5, 0.6) is 5.75 Å². The topological polar surface area (TPSA) is 47.7 Å². The lowest BCUT2D eigenvalue weighted by Gasteiger charge is -2.16. The molecule has 114 valence electrons. The summed E-state index contributed by atoms with van der Waals surface area (Å²) in [5.74, 6) is 7.40. The zero-order valence-corrected chi connectivity index (χ0v) is 12.7. The predicted octanol–water partition coefficient (Wildman–Crippen LogP) is 1.34. The van der Waals surface area contributed by atoms with E-state index in [0.717, 1.165) is 37.6 Å². The number of nitrogens with zero attached hydrogens (tertiary/aromatic N) is 1. The summed E-state index contributed by atoms with van der Waals surface area (Å²) in [6.45, 7) is 5.19. The van der Waals surface area contributed by atoms with Crippen molar-refractivity contribution in [2.75, 3.05) is 46.5 Å². The fourth-order valence-electron chi connectivity index (χ4n) is 2.57. The van der Waals surface area contributed by atoms with Crippen molar-refractivity contribution >= 4 is 0 Å². The van der Waals surface area contributed by atoms with Crippen LogP contribution in [-0.2, 0) is 4.74 Å². The van der Waals surface area contributed by atoms with Gasteiger partial charge >= 0.3 is 0 Å². The smallest absolute Gasteiger partial charge is 0.119 e. The Morgan fingerprint density at radius 1 is 1.33 bits per heavy atom. The van der Waals surface area contributed by atoms with E-state index in [2.05, 4.69) is 16.7 Å². The van der Waals surface area contributed by atoms with Crippen molar-refractivity contribution in [3.8, 4) is 17.6 Å². The molecule has 1 aliphatic rings. The molecule has 1 heterocycles. The van der Waals surface area contributed by atoms with Crippen LogP contribution in [0.1, 0.15) is 12.0 Å².